The van der Waals surface area contributed by atoms with E-state index in [1.54, 1.807) is 12.1 Å². The van der Waals surface area contributed by atoms with Gasteiger partial charge in [0.2, 0.25) is 0 Å². The van der Waals surface area contributed by atoms with Gasteiger partial charge >= 0.3 is 11.7 Å². The minimum atomic E-state index is -1.06. The Morgan fingerprint density at radius 2 is 1.95 bits per heavy atom. The number of carboxylic acid groups (broad SMARTS) is 1. The maximum atomic E-state index is 11.6. The molecule has 8 heteroatoms. The van der Waals surface area contributed by atoms with Crippen molar-refractivity contribution in [1.29, 1.82) is 0 Å². The highest BCUT2D eigenvalue weighted by Crippen LogP contribution is 2.18. The van der Waals surface area contributed by atoms with E-state index in [9.17, 15) is 14.4 Å². The second kappa shape index (κ2) is 4.19. The molecule has 2 heterocycles. The van der Waals surface area contributed by atoms with E-state index in [1.807, 2.05) is 0 Å². The molecule has 0 saturated heterocycles. The number of hydrogen-bond acceptors (Lipinski definition) is 4. The quantitative estimate of drug-likeness (QED) is 0.533. The van der Waals surface area contributed by atoms with E-state index in [4.69, 9.17) is 5.11 Å². The third-order valence-electron chi connectivity index (χ3n) is 2.77. The first-order valence-electron chi connectivity index (χ1n) is 5.60. The first kappa shape index (κ1) is 11.9. The Morgan fingerprint density at radius 1 is 1.15 bits per heavy atom. The fourth-order valence-electron chi connectivity index (χ4n) is 1.87. The number of carbonyl (C=O) groups is 1. The fourth-order valence-corrected chi connectivity index (χ4v) is 1.87. The van der Waals surface area contributed by atoms with E-state index in [0.29, 0.717) is 11.4 Å². The predicted octanol–water partition coefficient (Wildman–Crippen LogP) is 0.305. The van der Waals surface area contributed by atoms with E-state index in [0.717, 1.165) is 0 Å². The number of H-pyrrole nitrogens is 3. The van der Waals surface area contributed by atoms with Gasteiger partial charge in [0.05, 0.1) is 5.56 Å². The first-order chi connectivity index (χ1) is 9.54. The third kappa shape index (κ3) is 1.88. The van der Waals surface area contributed by atoms with Gasteiger partial charge in [-0.05, 0) is 12.1 Å². The number of aromatic carboxylic acids is 1. The summed E-state index contributed by atoms with van der Waals surface area (Å²) in [6, 6.07) is 6.09. The van der Waals surface area contributed by atoms with Crippen LogP contribution in [0.5, 0.6) is 0 Å². The average Bonchev–Trinajstić information content (AvgIpc) is 2.83. The van der Waals surface area contributed by atoms with Crippen LogP contribution in [0.1, 0.15) is 10.4 Å². The van der Waals surface area contributed by atoms with Gasteiger partial charge in [-0.3, -0.25) is 14.8 Å². The molecule has 0 aliphatic heterocycles. The molecule has 0 atom stereocenters. The molecule has 8 nitrogen and oxygen atoms in total. The summed E-state index contributed by atoms with van der Waals surface area (Å²) in [5.41, 5.74) is -0.391. The van der Waals surface area contributed by atoms with Crippen LogP contribution < -0.4 is 11.2 Å². The Morgan fingerprint density at radius 3 is 2.70 bits per heavy atom. The molecule has 0 spiro atoms. The molecule has 0 saturated carbocycles. The maximum Gasteiger partial charge on any atom is 0.335 e. The highest BCUT2D eigenvalue weighted by Gasteiger charge is 2.11. The van der Waals surface area contributed by atoms with Gasteiger partial charge in [0.25, 0.3) is 5.56 Å². The topological polar surface area (TPSA) is 132 Å². The molecule has 0 unspecified atom stereocenters. The van der Waals surface area contributed by atoms with Gasteiger partial charge < -0.3 is 10.1 Å². The summed E-state index contributed by atoms with van der Waals surface area (Å²) < 4.78 is 0. The van der Waals surface area contributed by atoms with Crippen LogP contribution in [0, 0.1) is 0 Å². The second-order valence-corrected chi connectivity index (χ2v) is 4.10. The van der Waals surface area contributed by atoms with Crippen molar-refractivity contribution < 1.29 is 9.90 Å². The molecule has 0 bridgehead atoms. The summed E-state index contributed by atoms with van der Waals surface area (Å²) in [7, 11) is 0. The number of fused-ring (bicyclic) bond motifs is 1. The van der Waals surface area contributed by atoms with E-state index < -0.39 is 17.2 Å². The summed E-state index contributed by atoms with van der Waals surface area (Å²) in [6.07, 6.45) is 0. The first-order valence-corrected chi connectivity index (χ1v) is 5.60. The summed E-state index contributed by atoms with van der Waals surface area (Å²) >= 11 is 0. The SMILES string of the molecule is O=C(O)c1cccc(-c2nc3[nH]c(=O)[nH]c(=O)c3[nH]2)c1. The van der Waals surface area contributed by atoms with Gasteiger partial charge in [-0.15, -0.1) is 0 Å². The summed E-state index contributed by atoms with van der Waals surface area (Å²) in [6.45, 7) is 0. The van der Waals surface area contributed by atoms with Crippen molar-refractivity contribution in [1.82, 2.24) is 19.9 Å². The number of aromatic amines is 3. The minimum Gasteiger partial charge on any atom is -0.478 e. The molecule has 0 radical (unpaired) electrons. The van der Waals surface area contributed by atoms with Crippen molar-refractivity contribution >= 4 is 17.1 Å². The van der Waals surface area contributed by atoms with Gasteiger partial charge in [-0.25, -0.2) is 14.6 Å². The molecule has 0 amide bonds. The van der Waals surface area contributed by atoms with Gasteiger partial charge in [0.1, 0.15) is 11.3 Å². The van der Waals surface area contributed by atoms with E-state index in [1.165, 1.54) is 12.1 Å². The molecular weight excluding hydrogens is 264 g/mol. The zero-order valence-corrected chi connectivity index (χ0v) is 9.93. The molecule has 3 rings (SSSR count). The Hall–Kier alpha value is -3.16. The van der Waals surface area contributed by atoms with Crippen LogP contribution in [0.3, 0.4) is 0 Å². The average molecular weight is 272 g/mol. The molecule has 2 aromatic heterocycles. The number of carboxylic acids is 1. The molecule has 0 fully saturated rings. The van der Waals surface area contributed by atoms with E-state index in [2.05, 4.69) is 19.9 Å². The van der Waals surface area contributed by atoms with E-state index >= 15 is 0 Å². The van der Waals surface area contributed by atoms with Crippen LogP contribution in [0.15, 0.2) is 33.9 Å². The molecule has 0 aliphatic rings. The smallest absolute Gasteiger partial charge is 0.335 e. The van der Waals surface area contributed by atoms with Crippen molar-refractivity contribution in [3.05, 3.63) is 50.7 Å². The number of nitrogens with one attached hydrogen (secondary N) is 3. The number of nitrogens with zero attached hydrogens (tertiary/aromatic N) is 1. The molecule has 4 N–H and O–H groups in total. The van der Waals surface area contributed by atoms with Crippen LogP contribution in [0.4, 0.5) is 0 Å². The largest absolute Gasteiger partial charge is 0.478 e. The van der Waals surface area contributed by atoms with Crippen molar-refractivity contribution in [3.63, 3.8) is 0 Å². The Labute approximate surface area is 110 Å². The van der Waals surface area contributed by atoms with Gasteiger partial charge in [0.15, 0.2) is 5.65 Å². The zero-order valence-electron chi connectivity index (χ0n) is 9.93. The van der Waals surface area contributed by atoms with Crippen LogP contribution in [0.2, 0.25) is 0 Å². The number of aromatic nitrogens is 4. The minimum absolute atomic E-state index is 0.102. The van der Waals surface area contributed by atoms with Gasteiger partial charge in [-0.2, -0.15) is 0 Å². The normalized spacial score (nSPS) is 10.8. The Bertz CT molecular complexity index is 934. The predicted molar refractivity (Wildman–Crippen MR) is 69.7 cm³/mol. The fraction of sp³-hybridized carbons (Fsp3) is 0. The van der Waals surface area contributed by atoms with E-state index in [-0.39, 0.29) is 16.7 Å². The lowest BCUT2D eigenvalue weighted by molar-refractivity contribution is 0.0697. The van der Waals surface area contributed by atoms with Gasteiger partial charge in [-0.1, -0.05) is 12.1 Å². The molecule has 1 aromatic carbocycles. The monoisotopic (exact) mass is 272 g/mol. The lowest BCUT2D eigenvalue weighted by Gasteiger charge is -1.98. The van der Waals surface area contributed by atoms with Crippen molar-refractivity contribution in [2.75, 3.05) is 0 Å². The van der Waals surface area contributed by atoms with Crippen LogP contribution in [-0.4, -0.2) is 31.0 Å². The van der Waals surface area contributed by atoms with Crippen molar-refractivity contribution in [2.24, 2.45) is 0 Å². The van der Waals surface area contributed by atoms with Crippen molar-refractivity contribution in [3.8, 4) is 11.4 Å². The molecular formula is C12H8N4O4. The van der Waals surface area contributed by atoms with Crippen LogP contribution >= 0.6 is 0 Å². The molecule has 0 aliphatic carbocycles. The lowest BCUT2D eigenvalue weighted by Crippen LogP contribution is -2.21. The molecule has 20 heavy (non-hydrogen) atoms. The zero-order chi connectivity index (χ0) is 14.3. The molecule has 100 valence electrons. The summed E-state index contributed by atoms with van der Waals surface area (Å²) in [5.74, 6) is -0.760. The Balaban J connectivity index is 2.22. The van der Waals surface area contributed by atoms with Crippen LogP contribution in [0.25, 0.3) is 22.6 Å². The lowest BCUT2D eigenvalue weighted by atomic mass is 10.1. The standard InChI is InChI=1S/C12H8N4O4/c17-10-7-9(15-12(20)16-10)14-8(13-7)5-2-1-3-6(4-5)11(18)19/h1-4H,(H,18,19)(H3,13,14,15,16,17,20). The number of imidazole rings is 1. The molecule has 3 aromatic rings. The summed E-state index contributed by atoms with van der Waals surface area (Å²) in [5, 5.41) is 8.94. The maximum absolute atomic E-state index is 11.6. The summed E-state index contributed by atoms with van der Waals surface area (Å²) in [4.78, 5) is 45.0. The highest BCUT2D eigenvalue weighted by molar-refractivity contribution is 5.89. The number of hydrogen-bond donors (Lipinski definition) is 4. The highest BCUT2D eigenvalue weighted by atomic mass is 16.4. The number of benzene rings is 1. The van der Waals surface area contributed by atoms with Gasteiger partial charge in [0, 0.05) is 5.56 Å². The number of rotatable bonds is 2. The Kier molecular flexibility index (Phi) is 2.50. The third-order valence-corrected chi connectivity index (χ3v) is 2.77. The van der Waals surface area contributed by atoms with Crippen LogP contribution in [-0.2, 0) is 0 Å². The second-order valence-electron chi connectivity index (χ2n) is 4.10. The van der Waals surface area contributed by atoms with Crippen molar-refractivity contribution in [2.45, 2.75) is 0 Å².